The van der Waals surface area contributed by atoms with Crippen molar-refractivity contribution in [2.45, 2.75) is 0 Å². The molecule has 4 aromatic rings. The van der Waals surface area contributed by atoms with Crippen LogP contribution in [0.4, 0.5) is 5.82 Å². The molecule has 6 heteroatoms. The van der Waals surface area contributed by atoms with Gasteiger partial charge >= 0.3 is 0 Å². The monoisotopic (exact) mass is 279 g/mol. The zero-order valence-electron chi connectivity index (χ0n) is 10.3. The first-order valence-electron chi connectivity index (χ1n) is 6.03. The minimum atomic E-state index is 0.457. The van der Waals surface area contributed by atoms with E-state index >= 15 is 0 Å². The number of nitrogens with zero attached hydrogens (tertiary/aromatic N) is 4. The predicted octanol–water partition coefficient (Wildman–Crippen LogP) is 2.88. The Hall–Kier alpha value is -2.60. The number of thiophene rings is 1. The van der Waals surface area contributed by atoms with Crippen molar-refractivity contribution >= 4 is 37.6 Å². The lowest BCUT2D eigenvalue weighted by atomic mass is 10.1. The summed E-state index contributed by atoms with van der Waals surface area (Å²) in [6.07, 6.45) is 3.03. The third-order valence-electron chi connectivity index (χ3n) is 3.13. The third kappa shape index (κ3) is 1.55. The highest BCUT2D eigenvalue weighted by Gasteiger charge is 2.15. The van der Waals surface area contributed by atoms with E-state index in [-0.39, 0.29) is 0 Å². The van der Waals surface area contributed by atoms with Gasteiger partial charge in [0.2, 0.25) is 0 Å². The van der Waals surface area contributed by atoms with Crippen molar-refractivity contribution in [1.29, 1.82) is 0 Å². The molecule has 0 bridgehead atoms. The van der Waals surface area contributed by atoms with Crippen LogP contribution in [0.2, 0.25) is 0 Å². The minimum Gasteiger partial charge on any atom is -0.383 e. The molecule has 0 spiro atoms. The van der Waals surface area contributed by atoms with Gasteiger partial charge in [-0.15, -0.1) is 11.3 Å². The lowest BCUT2D eigenvalue weighted by molar-refractivity contribution is 1.22. The average Bonchev–Trinajstić information content (AvgIpc) is 2.88. The van der Waals surface area contributed by atoms with E-state index in [0.717, 1.165) is 31.7 Å². The second kappa shape index (κ2) is 4.21. The van der Waals surface area contributed by atoms with Crippen molar-refractivity contribution in [2.24, 2.45) is 0 Å². The van der Waals surface area contributed by atoms with Gasteiger partial charge in [-0.05, 0) is 0 Å². The summed E-state index contributed by atoms with van der Waals surface area (Å²) in [5.74, 6) is 0.457. The molecule has 2 N–H and O–H groups in total. The first kappa shape index (κ1) is 11.2. The quantitative estimate of drug-likeness (QED) is 0.579. The summed E-state index contributed by atoms with van der Waals surface area (Å²) >= 11 is 1.54. The van der Waals surface area contributed by atoms with Crippen LogP contribution in [0.1, 0.15) is 0 Å². The largest absolute Gasteiger partial charge is 0.383 e. The summed E-state index contributed by atoms with van der Waals surface area (Å²) in [6, 6.07) is 10.0. The van der Waals surface area contributed by atoms with Crippen LogP contribution in [0, 0.1) is 0 Å². The molecule has 0 fully saturated rings. The number of aromatic nitrogens is 4. The van der Waals surface area contributed by atoms with Gasteiger partial charge in [-0.1, -0.05) is 30.3 Å². The number of rotatable bonds is 1. The Balaban J connectivity index is 2.14. The normalized spacial score (nSPS) is 11.2. The van der Waals surface area contributed by atoms with E-state index in [0.29, 0.717) is 5.82 Å². The van der Waals surface area contributed by atoms with Crippen molar-refractivity contribution in [3.05, 3.63) is 43.0 Å². The minimum absolute atomic E-state index is 0.457. The Morgan fingerprint density at radius 2 is 1.70 bits per heavy atom. The van der Waals surface area contributed by atoms with Gasteiger partial charge in [0.15, 0.2) is 0 Å². The van der Waals surface area contributed by atoms with Gasteiger partial charge in [0.05, 0.1) is 21.3 Å². The number of nitrogens with two attached hydrogens (primary N) is 1. The lowest BCUT2D eigenvalue weighted by Crippen LogP contribution is -1.92. The van der Waals surface area contributed by atoms with Crippen molar-refractivity contribution < 1.29 is 0 Å². The van der Waals surface area contributed by atoms with E-state index in [1.807, 2.05) is 30.3 Å². The van der Waals surface area contributed by atoms with Crippen molar-refractivity contribution in [3.63, 3.8) is 0 Å². The molecule has 3 aromatic heterocycles. The van der Waals surface area contributed by atoms with Crippen LogP contribution < -0.4 is 5.73 Å². The van der Waals surface area contributed by atoms with E-state index in [1.54, 1.807) is 17.7 Å². The van der Waals surface area contributed by atoms with E-state index in [4.69, 9.17) is 5.73 Å². The fourth-order valence-electron chi connectivity index (χ4n) is 2.23. The van der Waals surface area contributed by atoms with Crippen LogP contribution in [0.15, 0.2) is 43.0 Å². The summed E-state index contributed by atoms with van der Waals surface area (Å²) in [7, 11) is 0. The maximum atomic E-state index is 5.95. The Kier molecular flexibility index (Phi) is 2.37. The van der Waals surface area contributed by atoms with Gasteiger partial charge in [-0.25, -0.2) is 19.9 Å². The highest BCUT2D eigenvalue weighted by atomic mass is 32.1. The average molecular weight is 279 g/mol. The molecule has 96 valence electrons. The van der Waals surface area contributed by atoms with Crippen LogP contribution in [0.25, 0.3) is 31.7 Å². The summed E-state index contributed by atoms with van der Waals surface area (Å²) < 4.78 is 0.987. The van der Waals surface area contributed by atoms with Gasteiger partial charge in [-0.2, -0.15) is 0 Å². The molecule has 20 heavy (non-hydrogen) atoms. The van der Waals surface area contributed by atoms with Gasteiger partial charge in [-0.3, -0.25) is 0 Å². The summed E-state index contributed by atoms with van der Waals surface area (Å²) in [5, 5.41) is 0.812. The predicted molar refractivity (Wildman–Crippen MR) is 80.4 cm³/mol. The van der Waals surface area contributed by atoms with Crippen molar-refractivity contribution in [3.8, 4) is 11.3 Å². The number of nitrogen functional groups attached to an aromatic ring is 1. The number of benzene rings is 1. The zero-order valence-corrected chi connectivity index (χ0v) is 11.1. The second-order valence-electron chi connectivity index (χ2n) is 4.31. The molecule has 0 aliphatic carbocycles. The third-order valence-corrected chi connectivity index (χ3v) is 4.22. The van der Waals surface area contributed by atoms with Crippen molar-refractivity contribution in [1.82, 2.24) is 19.9 Å². The SMILES string of the molecule is Nc1ncnc2sc3c(-c4ccccc4)ncnc3c12. The Morgan fingerprint density at radius 3 is 2.55 bits per heavy atom. The molecule has 0 aliphatic heterocycles. The Labute approximate surface area is 118 Å². The maximum Gasteiger partial charge on any atom is 0.137 e. The fraction of sp³-hybridized carbons (Fsp3) is 0. The summed E-state index contributed by atoms with van der Waals surface area (Å²) in [5.41, 5.74) is 8.72. The van der Waals surface area contributed by atoms with E-state index in [2.05, 4.69) is 19.9 Å². The maximum absolute atomic E-state index is 5.95. The smallest absolute Gasteiger partial charge is 0.137 e. The molecule has 0 saturated heterocycles. The van der Waals surface area contributed by atoms with Crippen LogP contribution in [0.5, 0.6) is 0 Å². The van der Waals surface area contributed by atoms with Crippen LogP contribution in [-0.4, -0.2) is 19.9 Å². The molecule has 0 unspecified atom stereocenters. The molecule has 3 heterocycles. The Morgan fingerprint density at radius 1 is 0.900 bits per heavy atom. The standard InChI is InChI=1S/C14H9N5S/c15-13-9-11-12(20-14(9)19-7-18-13)10(16-6-17-11)8-4-2-1-3-5-8/h1-7H,(H2,15,18,19). The van der Waals surface area contributed by atoms with Crippen LogP contribution in [-0.2, 0) is 0 Å². The van der Waals surface area contributed by atoms with Crippen LogP contribution >= 0.6 is 11.3 Å². The van der Waals surface area contributed by atoms with E-state index < -0.39 is 0 Å². The van der Waals surface area contributed by atoms with Crippen LogP contribution in [0.3, 0.4) is 0 Å². The molecule has 5 nitrogen and oxygen atoms in total. The number of hydrogen-bond donors (Lipinski definition) is 1. The number of fused-ring (bicyclic) bond motifs is 3. The van der Waals surface area contributed by atoms with Crippen molar-refractivity contribution in [2.75, 3.05) is 5.73 Å². The molecule has 4 rings (SSSR count). The first-order chi connectivity index (χ1) is 9.84. The highest BCUT2D eigenvalue weighted by molar-refractivity contribution is 7.26. The zero-order chi connectivity index (χ0) is 13.5. The number of anilines is 1. The molecular formula is C14H9N5S. The molecule has 0 aliphatic rings. The van der Waals surface area contributed by atoms with Gasteiger partial charge in [0, 0.05) is 5.56 Å². The molecule has 0 atom stereocenters. The van der Waals surface area contributed by atoms with Gasteiger partial charge in [0.25, 0.3) is 0 Å². The Bertz CT molecular complexity index is 917. The van der Waals surface area contributed by atoms with Gasteiger partial charge in [0.1, 0.15) is 23.3 Å². The molecular weight excluding hydrogens is 270 g/mol. The number of hydrogen-bond acceptors (Lipinski definition) is 6. The van der Waals surface area contributed by atoms with E-state index in [1.165, 1.54) is 6.33 Å². The summed E-state index contributed by atoms with van der Waals surface area (Å²) in [6.45, 7) is 0. The fourth-order valence-corrected chi connectivity index (χ4v) is 3.34. The lowest BCUT2D eigenvalue weighted by Gasteiger charge is -2.01. The topological polar surface area (TPSA) is 77.6 Å². The summed E-state index contributed by atoms with van der Waals surface area (Å²) in [4.78, 5) is 17.9. The highest BCUT2D eigenvalue weighted by Crippen LogP contribution is 2.37. The first-order valence-corrected chi connectivity index (χ1v) is 6.85. The molecule has 0 saturated carbocycles. The van der Waals surface area contributed by atoms with E-state index in [9.17, 15) is 0 Å². The molecule has 0 radical (unpaired) electrons. The molecule has 1 aromatic carbocycles. The second-order valence-corrected chi connectivity index (χ2v) is 5.31. The van der Waals surface area contributed by atoms with Gasteiger partial charge < -0.3 is 5.73 Å². The molecule has 0 amide bonds.